The van der Waals surface area contributed by atoms with Gasteiger partial charge in [0.15, 0.2) is 0 Å². The van der Waals surface area contributed by atoms with E-state index in [0.717, 1.165) is 25.1 Å². The number of pyridine rings is 1. The van der Waals surface area contributed by atoms with E-state index < -0.39 is 11.7 Å². The molecule has 1 saturated heterocycles. The molecule has 3 rings (SSSR count). The Morgan fingerprint density at radius 3 is 2.96 bits per heavy atom. The molecule has 1 amide bonds. The lowest BCUT2D eigenvalue weighted by molar-refractivity contribution is 0.0681. The van der Waals surface area contributed by atoms with E-state index in [9.17, 15) is 9.18 Å². The maximum Gasteiger partial charge on any atom is 0.274 e. The minimum atomic E-state index is -0.459. The average molecular weight is 359 g/mol. The van der Waals surface area contributed by atoms with Gasteiger partial charge in [-0.15, -0.1) is 0 Å². The monoisotopic (exact) mass is 359 g/mol. The lowest BCUT2D eigenvalue weighted by Crippen LogP contribution is -2.19. The van der Waals surface area contributed by atoms with Gasteiger partial charge in [0.1, 0.15) is 23.9 Å². The van der Waals surface area contributed by atoms with Gasteiger partial charge in [0, 0.05) is 38.7 Å². The van der Waals surface area contributed by atoms with Gasteiger partial charge in [-0.05, 0) is 37.1 Å². The summed E-state index contributed by atoms with van der Waals surface area (Å²) in [6, 6.07) is 7.50. The molecule has 1 unspecified atom stereocenters. The second-order valence-electron chi connectivity index (χ2n) is 6.33. The van der Waals surface area contributed by atoms with E-state index in [1.54, 1.807) is 18.3 Å². The molecule has 7 heteroatoms. The van der Waals surface area contributed by atoms with E-state index in [1.807, 2.05) is 19.0 Å². The fourth-order valence-electron chi connectivity index (χ4n) is 2.69. The predicted octanol–water partition coefficient (Wildman–Crippen LogP) is 3.10. The van der Waals surface area contributed by atoms with E-state index in [1.165, 1.54) is 18.2 Å². The molecule has 2 aromatic rings. The predicted molar refractivity (Wildman–Crippen MR) is 97.4 cm³/mol. The van der Waals surface area contributed by atoms with Crippen LogP contribution in [-0.4, -0.2) is 44.3 Å². The summed E-state index contributed by atoms with van der Waals surface area (Å²) in [4.78, 5) is 18.5. The van der Waals surface area contributed by atoms with Crippen LogP contribution in [0.25, 0.3) is 0 Å². The number of nitrogens with zero attached hydrogens (tertiary/aromatic N) is 2. The number of benzene rings is 1. The van der Waals surface area contributed by atoms with E-state index in [0.29, 0.717) is 12.4 Å². The Hall–Kier alpha value is -2.67. The number of halogens is 1. The van der Waals surface area contributed by atoms with E-state index in [-0.39, 0.29) is 17.5 Å². The lowest BCUT2D eigenvalue weighted by atomic mass is 10.2. The van der Waals surface area contributed by atoms with Crippen LogP contribution in [0.15, 0.2) is 36.5 Å². The van der Waals surface area contributed by atoms with Crippen molar-refractivity contribution in [2.24, 2.45) is 0 Å². The molecular formula is C19H22FN3O3. The van der Waals surface area contributed by atoms with Gasteiger partial charge in [-0.3, -0.25) is 9.78 Å². The molecule has 26 heavy (non-hydrogen) atoms. The summed E-state index contributed by atoms with van der Waals surface area (Å²) in [5, 5.41) is 2.68. The Labute approximate surface area is 151 Å². The molecule has 2 heterocycles. The number of nitrogens with one attached hydrogen (secondary N) is 1. The quantitative estimate of drug-likeness (QED) is 0.859. The number of rotatable bonds is 6. The van der Waals surface area contributed by atoms with Crippen molar-refractivity contribution in [2.75, 3.05) is 37.5 Å². The van der Waals surface area contributed by atoms with Gasteiger partial charge in [-0.1, -0.05) is 0 Å². The topological polar surface area (TPSA) is 63.7 Å². The number of amides is 1. The molecule has 1 atom stereocenters. The van der Waals surface area contributed by atoms with Gasteiger partial charge < -0.3 is 19.7 Å². The minimum absolute atomic E-state index is 0.0297. The van der Waals surface area contributed by atoms with Gasteiger partial charge >= 0.3 is 0 Å². The third-order valence-corrected chi connectivity index (χ3v) is 4.13. The Bertz CT molecular complexity index is 776. The molecule has 1 fully saturated rings. The highest BCUT2D eigenvalue weighted by Gasteiger charge is 2.18. The first kappa shape index (κ1) is 18.1. The first-order chi connectivity index (χ1) is 12.5. The molecule has 0 bridgehead atoms. The van der Waals surface area contributed by atoms with Crippen molar-refractivity contribution in [3.8, 4) is 5.75 Å². The van der Waals surface area contributed by atoms with Crippen LogP contribution in [0, 0.1) is 5.82 Å². The molecular weight excluding hydrogens is 337 g/mol. The fraction of sp³-hybridized carbons (Fsp3) is 0.368. The molecule has 0 aliphatic carbocycles. The van der Waals surface area contributed by atoms with Gasteiger partial charge in [0.2, 0.25) is 0 Å². The second kappa shape index (κ2) is 8.14. The van der Waals surface area contributed by atoms with Crippen molar-refractivity contribution in [3.63, 3.8) is 0 Å². The summed E-state index contributed by atoms with van der Waals surface area (Å²) >= 11 is 0. The van der Waals surface area contributed by atoms with Crippen LogP contribution in [0.3, 0.4) is 0 Å². The van der Waals surface area contributed by atoms with Crippen LogP contribution in [0.4, 0.5) is 15.8 Å². The Morgan fingerprint density at radius 2 is 2.23 bits per heavy atom. The number of ether oxygens (including phenoxy) is 2. The third kappa shape index (κ3) is 4.49. The molecule has 1 aliphatic rings. The Balaban J connectivity index is 1.74. The fourth-order valence-corrected chi connectivity index (χ4v) is 2.69. The van der Waals surface area contributed by atoms with Crippen LogP contribution in [0.1, 0.15) is 23.3 Å². The first-order valence-electron chi connectivity index (χ1n) is 8.51. The van der Waals surface area contributed by atoms with Crippen molar-refractivity contribution < 1.29 is 18.7 Å². The second-order valence-corrected chi connectivity index (χ2v) is 6.33. The van der Waals surface area contributed by atoms with Crippen molar-refractivity contribution >= 4 is 17.3 Å². The Kier molecular flexibility index (Phi) is 5.68. The van der Waals surface area contributed by atoms with E-state index in [2.05, 4.69) is 10.3 Å². The summed E-state index contributed by atoms with van der Waals surface area (Å²) in [7, 11) is 3.75. The molecule has 0 radical (unpaired) electrons. The number of hydrogen-bond donors (Lipinski definition) is 1. The maximum atomic E-state index is 13.7. The standard InChI is InChI=1S/C19H22FN3O3/c1-23(2)14-7-8-21-17(11-14)19(24)22-16-10-13(20)5-6-18(16)26-12-15-4-3-9-25-15/h5-8,10-11,15H,3-4,9,12H2,1-2H3,(H,22,24). The van der Waals surface area contributed by atoms with Crippen LogP contribution in [-0.2, 0) is 4.74 Å². The zero-order valence-corrected chi connectivity index (χ0v) is 14.9. The van der Waals surface area contributed by atoms with E-state index >= 15 is 0 Å². The normalized spacial score (nSPS) is 16.3. The number of anilines is 2. The van der Waals surface area contributed by atoms with Gasteiger partial charge in [0.05, 0.1) is 11.8 Å². The number of carbonyl (C=O) groups excluding carboxylic acids is 1. The molecule has 0 spiro atoms. The molecule has 138 valence electrons. The molecule has 6 nitrogen and oxygen atoms in total. The van der Waals surface area contributed by atoms with Gasteiger partial charge in [-0.2, -0.15) is 0 Å². The summed E-state index contributed by atoms with van der Waals surface area (Å²) in [5.74, 6) is -0.486. The van der Waals surface area contributed by atoms with Crippen LogP contribution in [0.5, 0.6) is 5.75 Å². The highest BCUT2D eigenvalue weighted by Crippen LogP contribution is 2.27. The third-order valence-electron chi connectivity index (χ3n) is 4.13. The van der Waals surface area contributed by atoms with Crippen molar-refractivity contribution in [3.05, 3.63) is 48.0 Å². The molecule has 0 saturated carbocycles. The van der Waals surface area contributed by atoms with Crippen molar-refractivity contribution in [1.82, 2.24) is 4.98 Å². The van der Waals surface area contributed by atoms with E-state index in [4.69, 9.17) is 9.47 Å². The summed E-state index contributed by atoms with van der Waals surface area (Å²) in [6.07, 6.45) is 3.53. The van der Waals surface area contributed by atoms with Gasteiger partial charge in [0.25, 0.3) is 5.91 Å². The largest absolute Gasteiger partial charge is 0.489 e. The minimum Gasteiger partial charge on any atom is -0.489 e. The maximum absolute atomic E-state index is 13.7. The van der Waals surface area contributed by atoms with Gasteiger partial charge in [-0.25, -0.2) is 4.39 Å². The zero-order chi connectivity index (χ0) is 18.5. The molecule has 1 aliphatic heterocycles. The number of carbonyl (C=O) groups is 1. The molecule has 1 N–H and O–H groups in total. The number of aromatic nitrogens is 1. The highest BCUT2D eigenvalue weighted by molar-refractivity contribution is 6.04. The van der Waals surface area contributed by atoms with Crippen LogP contribution in [0.2, 0.25) is 0 Å². The van der Waals surface area contributed by atoms with Crippen LogP contribution < -0.4 is 15.0 Å². The summed E-state index contributed by atoms with van der Waals surface area (Å²) in [5.41, 5.74) is 1.36. The smallest absolute Gasteiger partial charge is 0.274 e. The average Bonchev–Trinajstić information content (AvgIpc) is 3.14. The zero-order valence-electron chi connectivity index (χ0n) is 14.9. The number of hydrogen-bond acceptors (Lipinski definition) is 5. The molecule has 1 aromatic heterocycles. The van der Waals surface area contributed by atoms with Crippen LogP contribution >= 0.6 is 0 Å². The lowest BCUT2D eigenvalue weighted by Gasteiger charge is -2.16. The summed E-state index contributed by atoms with van der Waals surface area (Å²) < 4.78 is 24.9. The van der Waals surface area contributed by atoms with Crippen molar-refractivity contribution in [2.45, 2.75) is 18.9 Å². The SMILES string of the molecule is CN(C)c1ccnc(C(=O)Nc2cc(F)ccc2OCC2CCCO2)c1. The van der Waals surface area contributed by atoms with Crippen molar-refractivity contribution in [1.29, 1.82) is 0 Å². The highest BCUT2D eigenvalue weighted by atomic mass is 19.1. The Morgan fingerprint density at radius 1 is 1.38 bits per heavy atom. The summed E-state index contributed by atoms with van der Waals surface area (Å²) in [6.45, 7) is 1.10. The molecule has 1 aromatic carbocycles. The first-order valence-corrected chi connectivity index (χ1v) is 8.51.